The first-order chi connectivity index (χ1) is 9.31. The third-order valence-corrected chi connectivity index (χ3v) is 3.86. The molecule has 106 valence electrons. The van der Waals surface area contributed by atoms with Gasteiger partial charge in [0.15, 0.2) is 0 Å². The quantitative estimate of drug-likeness (QED) is 0.721. The molecule has 19 heavy (non-hydrogen) atoms. The van der Waals surface area contributed by atoms with E-state index < -0.39 is 0 Å². The van der Waals surface area contributed by atoms with Crippen LogP contribution in [-0.2, 0) is 13.0 Å². The first-order valence-corrected chi connectivity index (χ1v) is 7.86. The minimum atomic E-state index is 0.314. The molecule has 2 N–H and O–H groups in total. The summed E-state index contributed by atoms with van der Waals surface area (Å²) >= 11 is 3.56. The lowest BCUT2D eigenvalue weighted by atomic mass is 10.1. The molecule has 1 heterocycles. The van der Waals surface area contributed by atoms with Crippen molar-refractivity contribution in [1.29, 1.82) is 0 Å². The number of ether oxygens (including phenoxy) is 1. The maximum atomic E-state index is 8.70. The highest BCUT2D eigenvalue weighted by molar-refractivity contribution is 9.10. The third-order valence-electron chi connectivity index (χ3n) is 3.40. The average Bonchev–Trinajstić information content (AvgIpc) is 2.85. The second-order valence-corrected chi connectivity index (χ2v) is 5.88. The molecule has 0 aromatic heterocycles. The van der Waals surface area contributed by atoms with Gasteiger partial charge >= 0.3 is 0 Å². The molecule has 0 amide bonds. The number of nitrogens with one attached hydrogen (secondary N) is 1. The molecule has 4 heteroatoms. The van der Waals surface area contributed by atoms with E-state index in [1.807, 2.05) is 0 Å². The summed E-state index contributed by atoms with van der Waals surface area (Å²) in [5, 5.41) is 12.2. The number of unbranched alkanes of at least 4 members (excludes halogenated alkanes) is 3. The zero-order valence-corrected chi connectivity index (χ0v) is 12.8. The van der Waals surface area contributed by atoms with Crippen LogP contribution in [0.4, 0.5) is 0 Å². The van der Waals surface area contributed by atoms with E-state index >= 15 is 0 Å². The molecule has 1 aromatic rings. The van der Waals surface area contributed by atoms with Gasteiger partial charge in [0.1, 0.15) is 5.75 Å². The molecular weight excluding hydrogens is 306 g/mol. The van der Waals surface area contributed by atoms with Crippen LogP contribution in [0.25, 0.3) is 0 Å². The molecule has 0 spiro atoms. The fourth-order valence-electron chi connectivity index (χ4n) is 2.42. The van der Waals surface area contributed by atoms with Crippen molar-refractivity contribution < 1.29 is 9.84 Å². The smallest absolute Gasteiger partial charge is 0.127 e. The lowest BCUT2D eigenvalue weighted by Crippen LogP contribution is -2.15. The van der Waals surface area contributed by atoms with E-state index in [9.17, 15) is 0 Å². The molecule has 0 unspecified atom stereocenters. The predicted molar refractivity (Wildman–Crippen MR) is 80.6 cm³/mol. The standard InChI is InChI=1S/C15H22BrNO2/c16-14-9-12-5-8-19-15(12)13(10-14)11-17-6-3-1-2-4-7-18/h9-10,17-18H,1-8,11H2. The molecule has 2 rings (SSSR count). The van der Waals surface area contributed by atoms with E-state index in [0.717, 1.165) is 55.6 Å². The second-order valence-electron chi connectivity index (χ2n) is 4.97. The maximum Gasteiger partial charge on any atom is 0.127 e. The zero-order valence-electron chi connectivity index (χ0n) is 11.3. The molecule has 0 aliphatic carbocycles. The van der Waals surface area contributed by atoms with Crippen molar-refractivity contribution in [2.24, 2.45) is 0 Å². The van der Waals surface area contributed by atoms with Gasteiger partial charge in [0.05, 0.1) is 6.61 Å². The predicted octanol–water partition coefficient (Wildman–Crippen LogP) is 3.03. The Morgan fingerprint density at radius 3 is 2.89 bits per heavy atom. The van der Waals surface area contributed by atoms with Crippen LogP contribution in [0.2, 0.25) is 0 Å². The van der Waals surface area contributed by atoms with Crippen molar-refractivity contribution in [3.05, 3.63) is 27.7 Å². The Hall–Kier alpha value is -0.580. The van der Waals surface area contributed by atoms with E-state index in [1.165, 1.54) is 17.5 Å². The molecule has 3 nitrogen and oxygen atoms in total. The Balaban J connectivity index is 1.74. The van der Waals surface area contributed by atoms with Crippen molar-refractivity contribution in [3.8, 4) is 5.75 Å². The van der Waals surface area contributed by atoms with Crippen LogP contribution in [0.15, 0.2) is 16.6 Å². The Bertz CT molecular complexity index is 409. The Morgan fingerprint density at radius 2 is 2.05 bits per heavy atom. The third kappa shape index (κ3) is 4.48. The van der Waals surface area contributed by atoms with E-state index in [1.54, 1.807) is 0 Å². The van der Waals surface area contributed by atoms with E-state index in [-0.39, 0.29) is 0 Å². The summed E-state index contributed by atoms with van der Waals surface area (Å²) in [6, 6.07) is 4.30. The number of hydrogen-bond acceptors (Lipinski definition) is 3. The summed E-state index contributed by atoms with van der Waals surface area (Å²) in [6.45, 7) is 3.00. The number of aliphatic hydroxyl groups excluding tert-OH is 1. The second kappa shape index (κ2) is 7.88. The minimum Gasteiger partial charge on any atom is -0.493 e. The van der Waals surface area contributed by atoms with Gasteiger partial charge in [0, 0.05) is 29.6 Å². The molecule has 1 aromatic carbocycles. The number of rotatable bonds is 8. The molecule has 1 aliphatic heterocycles. The summed E-state index contributed by atoms with van der Waals surface area (Å²) in [4.78, 5) is 0. The maximum absolute atomic E-state index is 8.70. The highest BCUT2D eigenvalue weighted by Crippen LogP contribution is 2.32. The molecule has 0 bridgehead atoms. The first-order valence-electron chi connectivity index (χ1n) is 7.07. The van der Waals surface area contributed by atoms with Crippen LogP contribution < -0.4 is 10.1 Å². The Labute approximate surface area is 123 Å². The molecule has 0 radical (unpaired) electrons. The monoisotopic (exact) mass is 327 g/mol. The largest absolute Gasteiger partial charge is 0.493 e. The number of hydrogen-bond donors (Lipinski definition) is 2. The van der Waals surface area contributed by atoms with Crippen LogP contribution in [0.3, 0.4) is 0 Å². The van der Waals surface area contributed by atoms with Crippen molar-refractivity contribution in [2.45, 2.75) is 38.6 Å². The molecule has 0 saturated carbocycles. The zero-order chi connectivity index (χ0) is 13.5. The van der Waals surface area contributed by atoms with E-state index in [0.29, 0.717) is 6.61 Å². The highest BCUT2D eigenvalue weighted by Gasteiger charge is 2.16. The molecule has 0 fully saturated rings. The lowest BCUT2D eigenvalue weighted by molar-refractivity contribution is 0.282. The van der Waals surface area contributed by atoms with Gasteiger partial charge in [-0.3, -0.25) is 0 Å². The lowest BCUT2D eigenvalue weighted by Gasteiger charge is -2.10. The average molecular weight is 328 g/mol. The van der Waals surface area contributed by atoms with Crippen LogP contribution in [0, 0.1) is 0 Å². The van der Waals surface area contributed by atoms with Crippen molar-refractivity contribution >= 4 is 15.9 Å². The van der Waals surface area contributed by atoms with Gasteiger partial charge in [-0.15, -0.1) is 0 Å². The first kappa shape index (κ1) is 14.8. The van der Waals surface area contributed by atoms with Crippen LogP contribution >= 0.6 is 15.9 Å². The minimum absolute atomic E-state index is 0.314. The summed E-state index contributed by atoms with van der Waals surface area (Å²) in [5.41, 5.74) is 2.56. The van der Waals surface area contributed by atoms with Gasteiger partial charge in [-0.2, -0.15) is 0 Å². The highest BCUT2D eigenvalue weighted by atomic mass is 79.9. The normalized spacial score (nSPS) is 13.4. The van der Waals surface area contributed by atoms with E-state index in [2.05, 4.69) is 33.4 Å². The van der Waals surface area contributed by atoms with E-state index in [4.69, 9.17) is 9.84 Å². The fourth-order valence-corrected chi connectivity index (χ4v) is 2.97. The Kier molecular flexibility index (Phi) is 6.14. The molecule has 0 atom stereocenters. The topological polar surface area (TPSA) is 41.5 Å². The molecular formula is C15H22BrNO2. The summed E-state index contributed by atoms with van der Waals surface area (Å²) < 4.78 is 6.84. The number of halogens is 1. The van der Waals surface area contributed by atoms with Gasteiger partial charge in [-0.25, -0.2) is 0 Å². The van der Waals surface area contributed by atoms with Gasteiger partial charge in [0.2, 0.25) is 0 Å². The number of aliphatic hydroxyl groups is 1. The van der Waals surface area contributed by atoms with Gasteiger partial charge in [0.25, 0.3) is 0 Å². The summed E-state index contributed by atoms with van der Waals surface area (Å²) in [5.74, 6) is 1.08. The van der Waals surface area contributed by atoms with Gasteiger partial charge in [-0.1, -0.05) is 28.8 Å². The van der Waals surface area contributed by atoms with Crippen LogP contribution in [-0.4, -0.2) is 24.9 Å². The molecule has 0 saturated heterocycles. The summed E-state index contributed by atoms with van der Waals surface area (Å²) in [7, 11) is 0. The van der Waals surface area contributed by atoms with Crippen molar-refractivity contribution in [3.63, 3.8) is 0 Å². The molecule has 1 aliphatic rings. The number of benzene rings is 1. The SMILES string of the molecule is OCCCCCCNCc1cc(Br)cc2c1OCC2. The van der Waals surface area contributed by atoms with Crippen molar-refractivity contribution in [1.82, 2.24) is 5.32 Å². The van der Waals surface area contributed by atoms with Crippen LogP contribution in [0.5, 0.6) is 5.75 Å². The number of fused-ring (bicyclic) bond motifs is 1. The van der Waals surface area contributed by atoms with Gasteiger partial charge in [-0.05, 0) is 37.1 Å². The summed E-state index contributed by atoms with van der Waals surface area (Å²) in [6.07, 6.45) is 5.40. The Morgan fingerprint density at radius 1 is 1.21 bits per heavy atom. The van der Waals surface area contributed by atoms with Crippen molar-refractivity contribution in [2.75, 3.05) is 19.8 Å². The fraction of sp³-hybridized carbons (Fsp3) is 0.600. The van der Waals surface area contributed by atoms with Gasteiger partial charge < -0.3 is 15.2 Å². The van der Waals surface area contributed by atoms with Crippen LogP contribution in [0.1, 0.15) is 36.8 Å².